The van der Waals surface area contributed by atoms with Gasteiger partial charge in [-0.3, -0.25) is 4.79 Å². The molecule has 0 atom stereocenters. The van der Waals surface area contributed by atoms with Crippen molar-refractivity contribution in [2.45, 2.75) is 11.5 Å². The minimum atomic E-state index is -4.19. The number of nitriles is 1. The van der Waals surface area contributed by atoms with Crippen LogP contribution in [0, 0.1) is 17.1 Å². The number of benzene rings is 2. The zero-order chi connectivity index (χ0) is 20.2. The first-order chi connectivity index (χ1) is 12.6. The van der Waals surface area contributed by atoms with E-state index in [2.05, 4.69) is 15.9 Å². The molecule has 0 heterocycles. The first-order valence-corrected chi connectivity index (χ1v) is 10.2. The van der Waals surface area contributed by atoms with Crippen molar-refractivity contribution in [2.24, 2.45) is 0 Å². The second kappa shape index (κ2) is 8.99. The van der Waals surface area contributed by atoms with Crippen molar-refractivity contribution in [1.29, 1.82) is 5.26 Å². The Kier molecular flexibility index (Phi) is 7.19. The number of rotatable bonds is 6. The average molecular weight is 496 g/mol. The summed E-state index contributed by atoms with van der Waals surface area (Å²) in [6, 6.07) is 8.09. The van der Waals surface area contributed by atoms with Gasteiger partial charge in [-0.1, -0.05) is 39.1 Å². The van der Waals surface area contributed by atoms with Gasteiger partial charge in [0, 0.05) is 10.0 Å². The van der Waals surface area contributed by atoms with E-state index in [-0.39, 0.29) is 26.1 Å². The highest BCUT2D eigenvalue weighted by molar-refractivity contribution is 9.10. The van der Waals surface area contributed by atoms with Gasteiger partial charge in [-0.2, -0.15) is 9.98 Å². The molecule has 142 valence electrons. The Balaban J connectivity index is 2.02. The lowest BCUT2D eigenvalue weighted by Crippen LogP contribution is -2.31. The average Bonchev–Trinajstić information content (AvgIpc) is 2.58. The normalized spacial score (nSPS) is 11.1. The van der Waals surface area contributed by atoms with Gasteiger partial charge in [0.05, 0.1) is 21.7 Å². The molecule has 11 heteroatoms. The summed E-state index contributed by atoms with van der Waals surface area (Å²) in [5.41, 5.74) is 0.187. The summed E-state index contributed by atoms with van der Waals surface area (Å²) in [5.74, 6) is -1.61. The molecule has 0 radical (unpaired) electrons. The lowest BCUT2D eigenvalue weighted by Gasteiger charge is -2.11. The van der Waals surface area contributed by atoms with Crippen LogP contribution in [-0.2, 0) is 26.2 Å². The van der Waals surface area contributed by atoms with Crippen LogP contribution in [0.15, 0.2) is 39.7 Å². The van der Waals surface area contributed by atoms with Crippen molar-refractivity contribution in [3.63, 3.8) is 0 Å². The van der Waals surface area contributed by atoms with Crippen LogP contribution in [-0.4, -0.2) is 20.9 Å². The van der Waals surface area contributed by atoms with E-state index in [9.17, 15) is 17.6 Å². The van der Waals surface area contributed by atoms with Gasteiger partial charge in [0.1, 0.15) is 23.9 Å². The van der Waals surface area contributed by atoms with E-state index in [1.165, 1.54) is 24.3 Å². The summed E-state index contributed by atoms with van der Waals surface area (Å²) < 4.78 is 45.6. The number of hydrogen-bond donors (Lipinski definition) is 1. The maximum absolute atomic E-state index is 13.6. The van der Waals surface area contributed by atoms with Crippen LogP contribution in [0.3, 0.4) is 0 Å². The Bertz CT molecular complexity index is 1020. The molecule has 2 rings (SSSR count). The smallest absolute Gasteiger partial charge is 0.321 e. The van der Waals surface area contributed by atoms with Gasteiger partial charge in [0.25, 0.3) is 0 Å². The van der Waals surface area contributed by atoms with Crippen LogP contribution >= 0.6 is 39.1 Å². The third kappa shape index (κ3) is 5.64. The molecular formula is C16H10BrCl2FN2O4S. The fourth-order valence-electron chi connectivity index (χ4n) is 1.98. The van der Waals surface area contributed by atoms with E-state index in [1.54, 1.807) is 0 Å². The zero-order valence-corrected chi connectivity index (χ0v) is 17.2. The van der Waals surface area contributed by atoms with Gasteiger partial charge in [-0.15, -0.1) is 0 Å². The lowest BCUT2D eigenvalue weighted by atomic mass is 10.1. The third-order valence-electron chi connectivity index (χ3n) is 3.20. The first kappa shape index (κ1) is 21.6. The highest BCUT2D eigenvalue weighted by Crippen LogP contribution is 2.32. The predicted octanol–water partition coefficient (Wildman–Crippen LogP) is 3.79. The molecule has 27 heavy (non-hydrogen) atoms. The van der Waals surface area contributed by atoms with Crippen LogP contribution in [0.25, 0.3) is 0 Å². The molecule has 0 aliphatic carbocycles. The van der Waals surface area contributed by atoms with Crippen LogP contribution < -0.4 is 4.72 Å². The molecule has 0 aliphatic heterocycles. The molecule has 0 fully saturated rings. The first-order valence-electron chi connectivity index (χ1n) is 7.12. The zero-order valence-electron chi connectivity index (χ0n) is 13.3. The molecule has 0 spiro atoms. The van der Waals surface area contributed by atoms with Crippen molar-refractivity contribution in [3.05, 3.63) is 61.8 Å². The fraction of sp³-hybridized carbons (Fsp3) is 0.125. The number of halogens is 4. The van der Waals surface area contributed by atoms with Crippen molar-refractivity contribution >= 4 is 55.1 Å². The highest BCUT2D eigenvalue weighted by Gasteiger charge is 2.23. The van der Waals surface area contributed by atoms with Gasteiger partial charge in [-0.25, -0.2) is 12.8 Å². The van der Waals surface area contributed by atoms with E-state index in [0.717, 1.165) is 6.07 Å². The summed E-state index contributed by atoms with van der Waals surface area (Å²) in [6.45, 7) is -1.17. The Morgan fingerprint density at radius 2 is 1.89 bits per heavy atom. The number of esters is 1. The molecular weight excluding hydrogens is 486 g/mol. The maximum atomic E-state index is 13.6. The number of carbonyl (C=O) groups excluding carboxylic acids is 1. The summed E-state index contributed by atoms with van der Waals surface area (Å²) in [5, 5.41) is 8.53. The SMILES string of the molecule is N#Cc1ccc(F)c(COC(=O)CNS(=O)(=O)c2c(Cl)cc(Br)cc2Cl)c1. The predicted molar refractivity (Wildman–Crippen MR) is 100 cm³/mol. The minimum absolute atomic E-state index is 0.00995. The van der Waals surface area contributed by atoms with Gasteiger partial charge in [0.15, 0.2) is 0 Å². The van der Waals surface area contributed by atoms with Crippen LogP contribution in [0.1, 0.15) is 11.1 Å². The van der Waals surface area contributed by atoms with E-state index < -0.39 is 35.0 Å². The maximum Gasteiger partial charge on any atom is 0.321 e. The largest absolute Gasteiger partial charge is 0.460 e. The third-order valence-corrected chi connectivity index (χ3v) is 5.98. The number of sulfonamides is 1. The molecule has 0 saturated heterocycles. The van der Waals surface area contributed by atoms with Gasteiger partial charge in [0.2, 0.25) is 10.0 Å². The molecule has 2 aromatic carbocycles. The molecule has 0 aromatic heterocycles. The second-order valence-electron chi connectivity index (χ2n) is 5.10. The van der Waals surface area contributed by atoms with Crippen molar-refractivity contribution in [3.8, 4) is 6.07 Å². The monoisotopic (exact) mass is 494 g/mol. The van der Waals surface area contributed by atoms with Gasteiger partial charge in [-0.05, 0) is 30.3 Å². The van der Waals surface area contributed by atoms with Crippen molar-refractivity contribution in [1.82, 2.24) is 4.72 Å². The Hall–Kier alpha value is -1.70. The molecule has 2 aromatic rings. The molecule has 1 N–H and O–H groups in total. The van der Waals surface area contributed by atoms with Gasteiger partial charge < -0.3 is 4.74 Å². The number of nitrogens with zero attached hydrogens (tertiary/aromatic N) is 1. The fourth-order valence-corrected chi connectivity index (χ4v) is 4.88. The Morgan fingerprint density at radius 3 is 2.48 bits per heavy atom. The summed E-state index contributed by atoms with van der Waals surface area (Å²) in [6.07, 6.45) is 0. The van der Waals surface area contributed by atoms with E-state index in [1.807, 2.05) is 10.8 Å². The Labute approximate surface area is 173 Å². The minimum Gasteiger partial charge on any atom is -0.460 e. The summed E-state index contributed by atoms with van der Waals surface area (Å²) >= 11 is 14.9. The Morgan fingerprint density at radius 1 is 1.26 bits per heavy atom. The quantitative estimate of drug-likeness (QED) is 0.615. The molecule has 0 bridgehead atoms. The van der Waals surface area contributed by atoms with Crippen molar-refractivity contribution in [2.75, 3.05) is 6.54 Å². The van der Waals surface area contributed by atoms with E-state index >= 15 is 0 Å². The summed E-state index contributed by atoms with van der Waals surface area (Å²) in [7, 11) is -4.19. The summed E-state index contributed by atoms with van der Waals surface area (Å²) in [4.78, 5) is 11.4. The number of ether oxygens (including phenoxy) is 1. The lowest BCUT2D eigenvalue weighted by molar-refractivity contribution is -0.143. The van der Waals surface area contributed by atoms with Crippen molar-refractivity contribution < 1.29 is 22.3 Å². The van der Waals surface area contributed by atoms with E-state index in [4.69, 9.17) is 33.2 Å². The van der Waals surface area contributed by atoms with E-state index in [0.29, 0.717) is 4.47 Å². The van der Waals surface area contributed by atoms with Crippen LogP contribution in [0.2, 0.25) is 10.0 Å². The van der Waals surface area contributed by atoms with Gasteiger partial charge >= 0.3 is 5.97 Å². The standard InChI is InChI=1S/C16H10BrCl2FN2O4S/c17-11-4-12(18)16(13(19)5-11)27(24,25)22-7-15(23)26-8-10-3-9(6-21)1-2-14(10)20/h1-5,22H,7-8H2. The molecule has 0 aliphatic rings. The molecule has 0 saturated carbocycles. The number of nitrogens with one attached hydrogen (secondary N) is 1. The molecule has 0 unspecified atom stereocenters. The molecule has 6 nitrogen and oxygen atoms in total. The molecule has 0 amide bonds. The van der Waals surface area contributed by atoms with Crippen LogP contribution in [0.5, 0.6) is 0 Å². The number of carbonyl (C=O) groups is 1. The number of hydrogen-bond acceptors (Lipinski definition) is 5. The second-order valence-corrected chi connectivity index (χ2v) is 8.54. The van der Waals surface area contributed by atoms with Crippen LogP contribution in [0.4, 0.5) is 4.39 Å². The topological polar surface area (TPSA) is 96.3 Å². The highest BCUT2D eigenvalue weighted by atomic mass is 79.9.